The van der Waals surface area contributed by atoms with Crippen LogP contribution in [0.15, 0.2) is 46.9 Å². The number of rotatable bonds is 2. The van der Waals surface area contributed by atoms with E-state index in [1.807, 2.05) is 37.3 Å². The minimum absolute atomic E-state index is 0.0146. The number of carbonyl (C=O) groups is 2. The minimum atomic E-state index is -0.194. The average Bonchev–Trinajstić information content (AvgIpc) is 2.75. The number of fused-ring (bicyclic) bond motifs is 1. The van der Waals surface area contributed by atoms with E-state index >= 15 is 0 Å². The Labute approximate surface area is 130 Å². The zero-order valence-corrected chi connectivity index (χ0v) is 12.9. The number of hydrogen-bond acceptors (Lipinski definition) is 2. The summed E-state index contributed by atoms with van der Waals surface area (Å²) in [4.78, 5) is 23.9. The Bertz CT molecular complexity index is 743. The van der Waals surface area contributed by atoms with E-state index in [1.54, 1.807) is 12.1 Å². The molecule has 2 N–H and O–H groups in total. The Morgan fingerprint density at radius 1 is 1.24 bits per heavy atom. The summed E-state index contributed by atoms with van der Waals surface area (Å²) in [6, 6.07) is 12.7. The van der Waals surface area contributed by atoms with Crippen LogP contribution in [0.4, 0.5) is 11.4 Å². The van der Waals surface area contributed by atoms with Crippen molar-refractivity contribution in [3.63, 3.8) is 0 Å². The Balaban J connectivity index is 1.85. The van der Waals surface area contributed by atoms with E-state index in [4.69, 9.17) is 0 Å². The van der Waals surface area contributed by atoms with Crippen molar-refractivity contribution in [2.45, 2.75) is 12.8 Å². The molecule has 0 spiro atoms. The lowest BCUT2D eigenvalue weighted by atomic mass is 10.0. The number of amides is 2. The highest BCUT2D eigenvalue weighted by Gasteiger charge is 2.26. The fourth-order valence-corrected chi connectivity index (χ4v) is 2.80. The van der Waals surface area contributed by atoms with E-state index in [9.17, 15) is 9.59 Å². The molecule has 5 heteroatoms. The largest absolute Gasteiger partial charge is 0.325 e. The fourth-order valence-electron chi connectivity index (χ4n) is 2.34. The van der Waals surface area contributed by atoms with E-state index in [0.29, 0.717) is 11.3 Å². The highest BCUT2D eigenvalue weighted by molar-refractivity contribution is 9.10. The van der Waals surface area contributed by atoms with Crippen LogP contribution in [-0.2, 0) is 4.79 Å². The highest BCUT2D eigenvalue weighted by Crippen LogP contribution is 2.34. The molecule has 0 aromatic heterocycles. The van der Waals surface area contributed by atoms with Gasteiger partial charge < -0.3 is 10.6 Å². The summed E-state index contributed by atoms with van der Waals surface area (Å²) >= 11 is 3.36. The van der Waals surface area contributed by atoms with Crippen LogP contribution in [0.3, 0.4) is 0 Å². The predicted molar refractivity (Wildman–Crippen MR) is 85.6 cm³/mol. The van der Waals surface area contributed by atoms with Crippen LogP contribution in [-0.4, -0.2) is 11.8 Å². The van der Waals surface area contributed by atoms with Crippen molar-refractivity contribution >= 4 is 39.1 Å². The molecular weight excluding hydrogens is 332 g/mol. The molecule has 1 aliphatic heterocycles. The molecule has 2 aromatic rings. The molecular formula is C16H13BrN2O2. The SMILES string of the molecule is CC1C(=O)Nc2ccc(NC(=O)c3ccccc3Br)cc21. The third-order valence-electron chi connectivity index (χ3n) is 3.55. The molecule has 2 aromatic carbocycles. The maximum Gasteiger partial charge on any atom is 0.256 e. The zero-order valence-electron chi connectivity index (χ0n) is 11.3. The van der Waals surface area contributed by atoms with E-state index in [1.165, 1.54) is 0 Å². The second kappa shape index (κ2) is 5.33. The molecule has 21 heavy (non-hydrogen) atoms. The molecule has 0 saturated carbocycles. The van der Waals surface area contributed by atoms with Gasteiger partial charge in [0.05, 0.1) is 11.5 Å². The van der Waals surface area contributed by atoms with Gasteiger partial charge in [0.2, 0.25) is 5.91 Å². The Hall–Kier alpha value is -2.14. The van der Waals surface area contributed by atoms with Crippen LogP contribution in [0.2, 0.25) is 0 Å². The average molecular weight is 345 g/mol. The molecule has 1 unspecified atom stereocenters. The molecule has 0 radical (unpaired) electrons. The van der Waals surface area contributed by atoms with Crippen LogP contribution < -0.4 is 10.6 Å². The summed E-state index contributed by atoms with van der Waals surface area (Å²) < 4.78 is 0.744. The first kappa shape index (κ1) is 13.8. The van der Waals surface area contributed by atoms with Crippen molar-refractivity contribution < 1.29 is 9.59 Å². The lowest BCUT2D eigenvalue weighted by molar-refractivity contribution is -0.116. The van der Waals surface area contributed by atoms with Gasteiger partial charge >= 0.3 is 0 Å². The Morgan fingerprint density at radius 3 is 2.76 bits per heavy atom. The molecule has 2 amide bonds. The summed E-state index contributed by atoms with van der Waals surface area (Å²) in [7, 11) is 0. The first-order valence-electron chi connectivity index (χ1n) is 6.57. The van der Waals surface area contributed by atoms with Gasteiger partial charge in [-0.1, -0.05) is 12.1 Å². The van der Waals surface area contributed by atoms with Gasteiger partial charge in [0.25, 0.3) is 5.91 Å². The first-order chi connectivity index (χ1) is 10.1. The molecule has 106 valence electrons. The van der Waals surface area contributed by atoms with Gasteiger partial charge in [-0.05, 0) is 58.7 Å². The molecule has 1 aliphatic rings. The standard InChI is InChI=1S/C16H13BrN2O2/c1-9-12-8-10(6-7-14(12)19-15(9)20)18-16(21)11-4-2-3-5-13(11)17/h2-9H,1H3,(H,18,21)(H,19,20). The number of benzene rings is 2. The molecule has 0 aliphatic carbocycles. The van der Waals surface area contributed by atoms with Gasteiger partial charge in [0, 0.05) is 15.8 Å². The second-order valence-electron chi connectivity index (χ2n) is 4.95. The molecule has 3 rings (SSSR count). The maximum atomic E-state index is 12.3. The molecule has 1 heterocycles. The summed E-state index contributed by atoms with van der Waals surface area (Å²) in [5.41, 5.74) is 2.97. The number of nitrogens with one attached hydrogen (secondary N) is 2. The number of halogens is 1. The van der Waals surface area contributed by atoms with Gasteiger partial charge in [-0.25, -0.2) is 0 Å². The van der Waals surface area contributed by atoms with Crippen molar-refractivity contribution in [3.05, 3.63) is 58.1 Å². The molecule has 0 fully saturated rings. The van der Waals surface area contributed by atoms with E-state index < -0.39 is 0 Å². The minimum Gasteiger partial charge on any atom is -0.325 e. The highest BCUT2D eigenvalue weighted by atomic mass is 79.9. The van der Waals surface area contributed by atoms with Crippen molar-refractivity contribution in [1.29, 1.82) is 0 Å². The quantitative estimate of drug-likeness (QED) is 0.871. The lowest BCUT2D eigenvalue weighted by Gasteiger charge is -2.09. The monoisotopic (exact) mass is 344 g/mol. The molecule has 4 nitrogen and oxygen atoms in total. The second-order valence-corrected chi connectivity index (χ2v) is 5.80. The summed E-state index contributed by atoms with van der Waals surface area (Å²) in [5, 5.41) is 5.67. The number of hydrogen-bond donors (Lipinski definition) is 2. The van der Waals surface area contributed by atoms with Crippen molar-refractivity contribution in [2.75, 3.05) is 10.6 Å². The first-order valence-corrected chi connectivity index (χ1v) is 7.36. The third-order valence-corrected chi connectivity index (χ3v) is 4.24. The molecule has 1 atom stereocenters. The zero-order chi connectivity index (χ0) is 15.0. The van der Waals surface area contributed by atoms with Gasteiger partial charge in [-0.3, -0.25) is 9.59 Å². The van der Waals surface area contributed by atoms with Crippen LogP contribution >= 0.6 is 15.9 Å². The van der Waals surface area contributed by atoms with E-state index in [2.05, 4.69) is 26.6 Å². The van der Waals surface area contributed by atoms with Crippen molar-refractivity contribution in [3.8, 4) is 0 Å². The van der Waals surface area contributed by atoms with Gasteiger partial charge in [0.15, 0.2) is 0 Å². The van der Waals surface area contributed by atoms with E-state index in [-0.39, 0.29) is 17.7 Å². The van der Waals surface area contributed by atoms with Crippen molar-refractivity contribution in [2.24, 2.45) is 0 Å². The summed E-state index contributed by atoms with van der Waals surface area (Å²) in [6.45, 7) is 1.85. The number of carbonyl (C=O) groups excluding carboxylic acids is 2. The summed E-state index contributed by atoms with van der Waals surface area (Å²) in [5.74, 6) is -0.396. The number of anilines is 2. The summed E-state index contributed by atoms with van der Waals surface area (Å²) in [6.07, 6.45) is 0. The lowest BCUT2D eigenvalue weighted by Crippen LogP contribution is -2.12. The fraction of sp³-hybridized carbons (Fsp3) is 0.125. The van der Waals surface area contributed by atoms with Gasteiger partial charge in [-0.2, -0.15) is 0 Å². The van der Waals surface area contributed by atoms with Gasteiger partial charge in [-0.15, -0.1) is 0 Å². The van der Waals surface area contributed by atoms with Gasteiger partial charge in [0.1, 0.15) is 0 Å². The topological polar surface area (TPSA) is 58.2 Å². The third kappa shape index (κ3) is 2.56. The normalized spacial score (nSPS) is 16.3. The van der Waals surface area contributed by atoms with Crippen molar-refractivity contribution in [1.82, 2.24) is 0 Å². The predicted octanol–water partition coefficient (Wildman–Crippen LogP) is 3.76. The molecule has 0 bridgehead atoms. The van der Waals surface area contributed by atoms with E-state index in [0.717, 1.165) is 15.7 Å². The Morgan fingerprint density at radius 2 is 2.00 bits per heavy atom. The maximum absolute atomic E-state index is 12.3. The smallest absolute Gasteiger partial charge is 0.256 e. The molecule has 0 saturated heterocycles. The van der Waals surface area contributed by atoms with Crippen LogP contribution in [0.1, 0.15) is 28.8 Å². The van der Waals surface area contributed by atoms with Crippen LogP contribution in [0, 0.1) is 0 Å². The van der Waals surface area contributed by atoms with Crippen LogP contribution in [0.25, 0.3) is 0 Å². The van der Waals surface area contributed by atoms with Crippen LogP contribution in [0.5, 0.6) is 0 Å². The Kier molecular flexibility index (Phi) is 3.51.